The lowest BCUT2D eigenvalue weighted by molar-refractivity contribution is 0.0514. The van der Waals surface area contributed by atoms with Crippen molar-refractivity contribution in [3.05, 3.63) is 211 Å². The number of carboxylic acid groups (broad SMARTS) is 1. The van der Waals surface area contributed by atoms with Crippen LogP contribution in [0.15, 0.2) is 108 Å². The van der Waals surface area contributed by atoms with Gasteiger partial charge < -0.3 is 24.6 Å². The van der Waals surface area contributed by atoms with Crippen LogP contribution in [0.4, 0.5) is 0 Å². The quantitative estimate of drug-likeness (QED) is 0.0960. The number of rotatable bonds is 14. The summed E-state index contributed by atoms with van der Waals surface area (Å²) in [4.78, 5) is 67.8. The molecule has 21 nitrogen and oxygen atoms in total. The van der Waals surface area contributed by atoms with E-state index in [-0.39, 0.29) is 53.1 Å². The number of carbonyl (C=O) groups excluding carboxylic acids is 3. The molecule has 1 amide bonds. The maximum absolute atomic E-state index is 13.5. The summed E-state index contributed by atoms with van der Waals surface area (Å²) in [5, 5.41) is 33.4. The number of para-hydroxylation sites is 1. The van der Waals surface area contributed by atoms with E-state index in [4.69, 9.17) is 88.8 Å². The predicted octanol–water partition coefficient (Wildman–Crippen LogP) is 19.6. The topological polar surface area (TPSA) is 249 Å². The number of halogens is 7. The Bertz CT molecular complexity index is 5220. The molecule has 1 aliphatic rings. The summed E-state index contributed by atoms with van der Waals surface area (Å²) in [6.45, 7) is 28.4. The van der Waals surface area contributed by atoms with Gasteiger partial charge in [-0.3, -0.25) is 4.79 Å². The molecule has 4 aromatic carbocycles. The zero-order valence-electron chi connectivity index (χ0n) is 58.8. The van der Waals surface area contributed by atoms with Crippen molar-refractivity contribution >= 4 is 132 Å². The minimum absolute atomic E-state index is 0.0146. The minimum Gasteiger partial charge on any atom is -0.493 e. The van der Waals surface area contributed by atoms with Gasteiger partial charge >= 0.3 is 17.9 Å². The second-order valence-corrected chi connectivity index (χ2v) is 28.9. The van der Waals surface area contributed by atoms with Gasteiger partial charge in [0.2, 0.25) is 0 Å². The molecule has 0 aliphatic carbocycles. The largest absolute Gasteiger partial charge is 0.493 e. The smallest absolute Gasteiger partial charge is 0.340 e. The van der Waals surface area contributed by atoms with Gasteiger partial charge in [0.25, 0.3) is 5.91 Å². The lowest BCUT2D eigenvalue weighted by Crippen LogP contribution is -2.33. The Hall–Kier alpha value is -8.74. The second kappa shape index (κ2) is 32.5. The number of esters is 2. The Morgan fingerprint density at radius 3 is 1.21 bits per heavy atom. The van der Waals surface area contributed by atoms with Crippen molar-refractivity contribution in [2.24, 2.45) is 0 Å². The lowest BCUT2D eigenvalue weighted by atomic mass is 9.97. The molecular weight excluding hydrogens is 1500 g/mol. The van der Waals surface area contributed by atoms with Gasteiger partial charge in [0.1, 0.15) is 10.4 Å². The summed E-state index contributed by atoms with van der Waals surface area (Å²) in [7, 11) is 0. The average molecular weight is 1580 g/mol. The van der Waals surface area contributed by atoms with Crippen molar-refractivity contribution in [3.8, 4) is 39.5 Å². The van der Waals surface area contributed by atoms with Crippen molar-refractivity contribution in [1.29, 1.82) is 0 Å². The zero-order chi connectivity index (χ0) is 74.7. The highest BCUT2D eigenvalue weighted by atomic mass is 79.9. The van der Waals surface area contributed by atoms with E-state index in [0.717, 1.165) is 89.2 Å². The van der Waals surface area contributed by atoms with Crippen LogP contribution in [-0.4, -0.2) is 107 Å². The molecule has 12 aromatic rings. The summed E-state index contributed by atoms with van der Waals surface area (Å²) in [5.74, 6) is -0.862. The molecule has 1 aliphatic heterocycles. The monoisotopic (exact) mass is 1570 g/mol. The number of amides is 1. The molecule has 9 heterocycles. The Balaban J connectivity index is 0.000000151. The number of carboxylic acids is 1. The number of aromatic carboxylic acids is 1. The van der Waals surface area contributed by atoms with Gasteiger partial charge in [-0.2, -0.15) is 20.4 Å². The SMILES string of the molecule is CCOC(=O)c1cnn2c(-c3cc(Cl)cc(Cl)c3)c(C)nc2c1C(C)C.CCOC(=O)c1cnn2c(Br)c(C)nc2c1C(C)C.Cc1nc2c(C(C)C)c(C(=O)N[C@H]3CCOc4ccccc43)cnn2c1-c1cc(Cl)cc(Cl)c1.Cc1nc2c(C(C)C)c(C(=O)O)cnn2c1-c1cc(Cl)cc(Cl)c1. The molecule has 1 atom stereocenters. The van der Waals surface area contributed by atoms with Gasteiger partial charge in [-0.05, 0) is 142 Å². The molecule has 0 saturated heterocycles. The Labute approximate surface area is 633 Å². The number of fused-ring (bicyclic) bond motifs is 5. The number of carbonyl (C=O) groups is 4. The number of hydrogen-bond acceptors (Lipinski definition) is 15. The van der Waals surface area contributed by atoms with E-state index < -0.39 is 5.97 Å². The van der Waals surface area contributed by atoms with Crippen LogP contribution in [0.1, 0.15) is 197 Å². The molecular formula is C75H74BrCl6N13O8. The number of nitrogens with zero attached hydrogens (tertiary/aromatic N) is 12. The summed E-state index contributed by atoms with van der Waals surface area (Å²) in [6, 6.07) is 23.6. The van der Waals surface area contributed by atoms with Gasteiger partial charge in [0, 0.05) is 81.1 Å². The van der Waals surface area contributed by atoms with Crippen LogP contribution in [0.25, 0.3) is 56.4 Å². The normalized spacial score (nSPS) is 12.7. The average Bonchev–Trinajstić information content (AvgIpc) is 1.67. The predicted molar refractivity (Wildman–Crippen MR) is 407 cm³/mol. The van der Waals surface area contributed by atoms with Crippen molar-refractivity contribution < 1.29 is 38.5 Å². The van der Waals surface area contributed by atoms with Crippen LogP contribution in [0.3, 0.4) is 0 Å². The van der Waals surface area contributed by atoms with Crippen LogP contribution in [0.2, 0.25) is 30.1 Å². The molecule has 2 N–H and O–H groups in total. The molecule has 0 fully saturated rings. The van der Waals surface area contributed by atoms with Crippen molar-refractivity contribution in [2.45, 2.75) is 133 Å². The maximum Gasteiger partial charge on any atom is 0.340 e. The number of hydrogen-bond donors (Lipinski definition) is 2. The van der Waals surface area contributed by atoms with Gasteiger partial charge in [-0.25, -0.2) is 52.4 Å². The highest BCUT2D eigenvalue weighted by molar-refractivity contribution is 9.10. The van der Waals surface area contributed by atoms with E-state index in [1.807, 2.05) is 118 Å². The third-order valence-corrected chi connectivity index (χ3v) is 19.0. The number of aromatic nitrogens is 12. The van der Waals surface area contributed by atoms with Crippen molar-refractivity contribution in [1.82, 2.24) is 63.7 Å². The summed E-state index contributed by atoms with van der Waals surface area (Å²) in [6.07, 6.45) is 6.78. The molecule has 103 heavy (non-hydrogen) atoms. The van der Waals surface area contributed by atoms with Gasteiger partial charge in [0.15, 0.2) is 22.6 Å². The Kier molecular flexibility index (Phi) is 24.3. The number of imidazole rings is 4. The first kappa shape index (κ1) is 76.9. The first-order valence-corrected chi connectivity index (χ1v) is 36.2. The van der Waals surface area contributed by atoms with Crippen LogP contribution in [-0.2, 0) is 9.47 Å². The maximum atomic E-state index is 13.5. The summed E-state index contributed by atoms with van der Waals surface area (Å²) in [5.41, 5.74) is 16.2. The van der Waals surface area contributed by atoms with Gasteiger partial charge in [0.05, 0.1) is 113 Å². The number of nitrogens with one attached hydrogen (secondary N) is 1. The molecule has 0 unspecified atom stereocenters. The molecule has 0 saturated carbocycles. The van der Waals surface area contributed by atoms with Crippen LogP contribution in [0.5, 0.6) is 5.75 Å². The van der Waals surface area contributed by atoms with Crippen LogP contribution < -0.4 is 10.1 Å². The molecule has 8 aromatic heterocycles. The van der Waals surface area contributed by atoms with E-state index >= 15 is 0 Å². The third-order valence-electron chi connectivity index (χ3n) is 16.8. The fourth-order valence-corrected chi connectivity index (χ4v) is 14.5. The highest BCUT2D eigenvalue weighted by Crippen LogP contribution is 2.39. The molecule has 536 valence electrons. The summed E-state index contributed by atoms with van der Waals surface area (Å²) < 4.78 is 23.6. The van der Waals surface area contributed by atoms with Gasteiger partial charge in [-0.15, -0.1) is 0 Å². The van der Waals surface area contributed by atoms with E-state index in [1.165, 1.54) is 12.4 Å². The van der Waals surface area contributed by atoms with Crippen LogP contribution >= 0.6 is 85.5 Å². The standard InChI is InChI=1S/C26H24Cl2N4O2.C19H19Cl2N3O2.C17H15Cl2N3O2.C13H16BrN3O2/c1-14(2)23-20(26(33)31-21-8-9-34-22-7-5-4-6-19(21)22)13-29-32-24(15(3)30-25(23)32)16-10-17(27)12-18(28)11-16;1-5-26-19(25)15-9-22-24-17(12-6-13(20)8-14(21)7-12)11(4)23-18(24)16(15)10(2)3;1-8(2)14-13(17(23)24)7-20-22-15(9(3)21-16(14)22)10-4-11(18)6-12(19)5-10;1-5-19-13(18)9-6-15-17-11(14)8(4)16-12(17)10(9)7(2)3/h4-7,10-14,21H,8-9H2,1-3H3,(H,31,33);6-10H,5H2,1-4H3;4-8H,1-3H3,(H,23,24);6-7H,5H2,1-4H3/t21-;;;/m0.../s1. The Morgan fingerprint density at radius 2 is 0.835 bits per heavy atom. The van der Waals surface area contributed by atoms with E-state index in [9.17, 15) is 24.3 Å². The molecule has 13 rings (SSSR count). The number of aryl methyl sites for hydroxylation is 4. The Morgan fingerprint density at radius 1 is 0.505 bits per heavy atom. The first-order chi connectivity index (χ1) is 48.9. The van der Waals surface area contributed by atoms with E-state index in [1.54, 1.807) is 74.6 Å². The zero-order valence-corrected chi connectivity index (χ0v) is 65.0. The van der Waals surface area contributed by atoms with E-state index in [0.29, 0.717) is 101 Å². The highest BCUT2D eigenvalue weighted by Gasteiger charge is 2.30. The molecule has 28 heteroatoms. The van der Waals surface area contributed by atoms with Crippen molar-refractivity contribution in [3.63, 3.8) is 0 Å². The fourth-order valence-electron chi connectivity index (χ4n) is 12.6. The minimum atomic E-state index is -1.01. The van der Waals surface area contributed by atoms with Gasteiger partial charge in [-0.1, -0.05) is 143 Å². The molecule has 0 spiro atoms. The first-order valence-electron chi connectivity index (χ1n) is 33.1. The van der Waals surface area contributed by atoms with E-state index in [2.05, 4.69) is 70.4 Å². The summed E-state index contributed by atoms with van der Waals surface area (Å²) >= 11 is 40.5. The lowest BCUT2D eigenvalue weighted by Gasteiger charge is -2.27. The molecule has 0 radical (unpaired) electrons. The van der Waals surface area contributed by atoms with Crippen LogP contribution in [0, 0.1) is 27.7 Å². The number of benzene rings is 4. The third kappa shape index (κ3) is 16.3. The van der Waals surface area contributed by atoms with Crippen molar-refractivity contribution in [2.75, 3.05) is 19.8 Å². The fraction of sp³-hybridized carbons (Fsp3) is 0.307. The number of ether oxygens (including phenoxy) is 3. The molecule has 0 bridgehead atoms. The second-order valence-electron chi connectivity index (χ2n) is 25.5.